The van der Waals surface area contributed by atoms with Crippen LogP contribution in [0.15, 0.2) is 85.1 Å². The predicted molar refractivity (Wildman–Crippen MR) is 123 cm³/mol. The molecule has 0 aliphatic carbocycles. The third kappa shape index (κ3) is 4.44. The van der Waals surface area contributed by atoms with E-state index in [1.807, 2.05) is 50.2 Å². The van der Waals surface area contributed by atoms with E-state index in [0.29, 0.717) is 0 Å². The average molecular weight is 399 g/mol. The average Bonchev–Trinajstić information content (AvgIpc) is 3.18. The summed E-state index contributed by atoms with van der Waals surface area (Å²) in [7, 11) is 0. The molecule has 4 rings (SSSR count). The molecule has 30 heavy (non-hydrogen) atoms. The number of H-pyrrole nitrogens is 1. The molecule has 1 amide bonds. The number of carbonyl (C=O) groups is 1. The zero-order valence-electron chi connectivity index (χ0n) is 17.4. The molecule has 1 heterocycles. The highest BCUT2D eigenvalue weighted by Crippen LogP contribution is 2.29. The van der Waals surface area contributed by atoms with E-state index >= 15 is 0 Å². The van der Waals surface area contributed by atoms with E-state index in [9.17, 15) is 4.79 Å². The topological polar surface area (TPSA) is 61.5 Å². The molecule has 0 saturated carbocycles. The largest absolute Gasteiger partial charge is 0.361 e. The van der Waals surface area contributed by atoms with Crippen molar-refractivity contribution in [3.05, 3.63) is 102 Å². The van der Waals surface area contributed by atoms with E-state index < -0.39 is 0 Å². The van der Waals surface area contributed by atoms with Crippen LogP contribution in [-0.4, -0.2) is 23.5 Å². The Bertz CT molecular complexity index is 1130. The number of aryl methyl sites for hydroxylation is 1. The number of benzene rings is 3. The Morgan fingerprint density at radius 1 is 1.00 bits per heavy atom. The van der Waals surface area contributed by atoms with Crippen molar-refractivity contribution < 1.29 is 10.1 Å². The summed E-state index contributed by atoms with van der Waals surface area (Å²) in [5.74, 6) is 0.211. The van der Waals surface area contributed by atoms with Gasteiger partial charge >= 0.3 is 0 Å². The highest BCUT2D eigenvalue weighted by Gasteiger charge is 2.23. The van der Waals surface area contributed by atoms with Crippen LogP contribution in [0.2, 0.25) is 0 Å². The fourth-order valence-corrected chi connectivity index (χ4v) is 3.94. The van der Waals surface area contributed by atoms with Crippen molar-refractivity contribution in [1.29, 1.82) is 0 Å². The van der Waals surface area contributed by atoms with E-state index in [0.717, 1.165) is 23.3 Å². The summed E-state index contributed by atoms with van der Waals surface area (Å²) in [4.78, 5) is 16.1. The van der Waals surface area contributed by atoms with Crippen LogP contribution in [0.5, 0.6) is 0 Å². The van der Waals surface area contributed by atoms with Crippen LogP contribution in [-0.2, 0) is 4.79 Å². The second-order valence-electron chi connectivity index (χ2n) is 7.87. The number of para-hydroxylation sites is 1. The number of nitrogens with one attached hydrogen (secondary N) is 2. The van der Waals surface area contributed by atoms with Gasteiger partial charge in [0.25, 0.3) is 5.91 Å². The number of hydrogen-bond donors (Lipinski definition) is 3. The normalized spacial score (nSPS) is 13.1. The smallest absolute Gasteiger partial charge is 0.282 e. The maximum Gasteiger partial charge on any atom is 0.282 e. The third-order valence-corrected chi connectivity index (χ3v) is 5.62. The summed E-state index contributed by atoms with van der Waals surface area (Å²) in [6.07, 6.45) is 2.10. The zero-order chi connectivity index (χ0) is 20.9. The summed E-state index contributed by atoms with van der Waals surface area (Å²) in [5.41, 5.74) is 5.63. The minimum absolute atomic E-state index is 0.0198. The van der Waals surface area contributed by atoms with Gasteiger partial charge in [0, 0.05) is 22.8 Å². The lowest BCUT2D eigenvalue weighted by molar-refractivity contribution is -0.674. The number of anilines is 1. The molecule has 2 atom stereocenters. The van der Waals surface area contributed by atoms with E-state index in [-0.39, 0.29) is 17.9 Å². The molecule has 4 heteroatoms. The van der Waals surface area contributed by atoms with Crippen LogP contribution in [0.25, 0.3) is 10.9 Å². The van der Waals surface area contributed by atoms with Gasteiger partial charge in [-0.1, -0.05) is 60.7 Å². The lowest BCUT2D eigenvalue weighted by Crippen LogP contribution is -2.92. The Balaban J connectivity index is 1.52. The van der Waals surface area contributed by atoms with E-state index in [4.69, 9.17) is 0 Å². The van der Waals surface area contributed by atoms with Gasteiger partial charge in [0.2, 0.25) is 0 Å². The van der Waals surface area contributed by atoms with Crippen LogP contribution < -0.4 is 10.6 Å². The van der Waals surface area contributed by atoms with Gasteiger partial charge in [-0.05, 0) is 48.7 Å². The zero-order valence-corrected chi connectivity index (χ0v) is 17.4. The van der Waals surface area contributed by atoms with Crippen molar-refractivity contribution in [2.75, 3.05) is 11.9 Å². The van der Waals surface area contributed by atoms with Gasteiger partial charge in [-0.25, -0.2) is 0 Å². The summed E-state index contributed by atoms with van der Waals surface area (Å²) >= 11 is 0. The lowest BCUT2D eigenvalue weighted by atomic mass is 9.90. The van der Waals surface area contributed by atoms with Crippen molar-refractivity contribution in [3.63, 3.8) is 0 Å². The number of fused-ring (bicyclic) bond motifs is 1. The minimum atomic E-state index is -0.193. The molecular formula is C26H28N3O+. The Hall–Kier alpha value is -3.37. The molecule has 4 N–H and O–H groups in total. The minimum Gasteiger partial charge on any atom is -0.361 e. The van der Waals surface area contributed by atoms with Gasteiger partial charge in [0.1, 0.15) is 0 Å². The first-order valence-corrected chi connectivity index (χ1v) is 10.4. The number of nitrogens with two attached hydrogens (primary N) is 1. The first-order chi connectivity index (χ1) is 14.6. The molecule has 152 valence electrons. The number of aromatic amines is 1. The highest BCUT2D eigenvalue weighted by atomic mass is 16.2. The van der Waals surface area contributed by atoms with Crippen molar-refractivity contribution >= 4 is 22.5 Å². The second-order valence-corrected chi connectivity index (χ2v) is 7.87. The summed E-state index contributed by atoms with van der Waals surface area (Å²) in [6.45, 7) is 4.77. The molecule has 0 spiro atoms. The molecule has 0 fully saturated rings. The maximum atomic E-state index is 12.7. The van der Waals surface area contributed by atoms with E-state index in [1.54, 1.807) is 0 Å². The molecule has 4 nitrogen and oxygen atoms in total. The molecule has 0 aliphatic rings. The van der Waals surface area contributed by atoms with Crippen molar-refractivity contribution in [3.8, 4) is 0 Å². The third-order valence-electron chi connectivity index (χ3n) is 5.62. The summed E-state index contributed by atoms with van der Waals surface area (Å²) in [5, 5.41) is 6.40. The summed E-state index contributed by atoms with van der Waals surface area (Å²) in [6, 6.07) is 26.6. The Kier molecular flexibility index (Phi) is 5.96. The molecule has 0 saturated heterocycles. The van der Waals surface area contributed by atoms with E-state index in [1.165, 1.54) is 16.5 Å². The number of carbonyl (C=O) groups excluding carboxylic acids is 1. The molecule has 0 unspecified atom stereocenters. The molecule has 1 aromatic heterocycles. The SMILES string of the molecule is Cc1cccc(NC(=O)[C@H](C)[NH2+]C[C@@H](c2ccccc2)c2c[nH]c3ccccc23)c1. The number of amides is 1. The van der Waals surface area contributed by atoms with Crippen LogP contribution >= 0.6 is 0 Å². The molecule has 0 bridgehead atoms. The first kappa shape index (κ1) is 19.9. The van der Waals surface area contributed by atoms with Gasteiger partial charge in [0.05, 0.1) is 12.5 Å². The van der Waals surface area contributed by atoms with Crippen molar-refractivity contribution in [2.45, 2.75) is 25.8 Å². The monoisotopic (exact) mass is 398 g/mol. The van der Waals surface area contributed by atoms with Crippen LogP contribution in [0.1, 0.15) is 29.5 Å². The van der Waals surface area contributed by atoms with Crippen molar-refractivity contribution in [1.82, 2.24) is 4.98 Å². The standard InChI is InChI=1S/C26H27N3O/c1-18-9-8-12-21(15-18)29-26(30)19(2)27-16-23(20-10-4-3-5-11-20)24-17-28-25-14-7-6-13-22(24)25/h3-15,17,19,23,27-28H,16H2,1-2H3,(H,29,30)/p+1/t19-,23-/m0/s1. The first-order valence-electron chi connectivity index (χ1n) is 10.4. The number of aromatic nitrogens is 1. The van der Waals surface area contributed by atoms with Gasteiger partial charge in [-0.3, -0.25) is 4.79 Å². The highest BCUT2D eigenvalue weighted by molar-refractivity contribution is 5.93. The number of rotatable bonds is 7. The second kappa shape index (κ2) is 8.97. The lowest BCUT2D eigenvalue weighted by Gasteiger charge is -2.19. The maximum absolute atomic E-state index is 12.7. The Labute approximate surface area is 177 Å². The van der Waals surface area contributed by atoms with Crippen LogP contribution in [0.4, 0.5) is 5.69 Å². The molecule has 0 aliphatic heterocycles. The Morgan fingerprint density at radius 3 is 2.57 bits per heavy atom. The molecule has 4 aromatic rings. The predicted octanol–water partition coefficient (Wildman–Crippen LogP) is 4.20. The summed E-state index contributed by atoms with van der Waals surface area (Å²) < 4.78 is 0. The fraction of sp³-hybridized carbons (Fsp3) is 0.192. The van der Waals surface area contributed by atoms with Gasteiger partial charge < -0.3 is 15.6 Å². The van der Waals surface area contributed by atoms with Crippen LogP contribution in [0, 0.1) is 6.92 Å². The van der Waals surface area contributed by atoms with Crippen LogP contribution in [0.3, 0.4) is 0 Å². The van der Waals surface area contributed by atoms with Gasteiger partial charge in [-0.15, -0.1) is 0 Å². The molecule has 3 aromatic carbocycles. The fourth-order valence-electron chi connectivity index (χ4n) is 3.94. The number of quaternary nitrogens is 1. The quantitative estimate of drug-likeness (QED) is 0.429. The van der Waals surface area contributed by atoms with Gasteiger partial charge in [-0.2, -0.15) is 0 Å². The number of hydrogen-bond acceptors (Lipinski definition) is 1. The van der Waals surface area contributed by atoms with E-state index in [2.05, 4.69) is 64.3 Å². The van der Waals surface area contributed by atoms with Crippen molar-refractivity contribution in [2.24, 2.45) is 0 Å². The van der Waals surface area contributed by atoms with Gasteiger partial charge in [0.15, 0.2) is 6.04 Å². The molecular weight excluding hydrogens is 370 g/mol. The molecule has 0 radical (unpaired) electrons. The Morgan fingerprint density at radius 2 is 1.77 bits per heavy atom.